The van der Waals surface area contributed by atoms with E-state index >= 15 is 0 Å². The minimum absolute atomic E-state index is 0.0850. The molecule has 3 nitrogen and oxygen atoms in total. The van der Waals surface area contributed by atoms with Gasteiger partial charge >= 0.3 is 0 Å². The highest BCUT2D eigenvalue weighted by Crippen LogP contribution is 2.31. The first-order valence-corrected chi connectivity index (χ1v) is 11.9. The maximum Gasteiger partial charge on any atom is 0.227 e. The molecule has 1 atom stereocenters. The molecule has 1 heterocycles. The van der Waals surface area contributed by atoms with Gasteiger partial charge in [-0.25, -0.2) is 4.98 Å². The van der Waals surface area contributed by atoms with Crippen molar-refractivity contribution in [2.24, 2.45) is 0 Å². The Balaban J connectivity index is 1.47. The van der Waals surface area contributed by atoms with E-state index in [1.165, 1.54) is 11.3 Å². The number of nitrogens with zero attached hydrogens (tertiary/aromatic N) is 1. The average Bonchev–Trinajstić information content (AvgIpc) is 3.23. The van der Waals surface area contributed by atoms with Crippen LogP contribution < -0.4 is 5.32 Å². The quantitative estimate of drug-likeness (QED) is 0.280. The summed E-state index contributed by atoms with van der Waals surface area (Å²) < 4.78 is 0. The third kappa shape index (κ3) is 5.70. The molecule has 162 valence electrons. The molecular weight excluding hydrogens is 483 g/mol. The van der Waals surface area contributed by atoms with Gasteiger partial charge in [0.1, 0.15) is 0 Å². The van der Waals surface area contributed by atoms with Crippen molar-refractivity contribution in [2.45, 2.75) is 18.8 Å². The molecule has 0 bridgehead atoms. The minimum Gasteiger partial charge on any atom is -0.302 e. The summed E-state index contributed by atoms with van der Waals surface area (Å²) in [7, 11) is 0. The van der Waals surface area contributed by atoms with Crippen LogP contribution in [-0.2, 0) is 11.2 Å². The van der Waals surface area contributed by atoms with Gasteiger partial charge in [-0.2, -0.15) is 0 Å². The predicted molar refractivity (Wildman–Crippen MR) is 134 cm³/mol. The summed E-state index contributed by atoms with van der Waals surface area (Å²) in [5, 5.41) is 5.23. The average molecular weight is 502 g/mol. The van der Waals surface area contributed by atoms with E-state index in [4.69, 9.17) is 34.8 Å². The van der Waals surface area contributed by atoms with Crippen molar-refractivity contribution in [3.63, 3.8) is 0 Å². The van der Waals surface area contributed by atoms with Crippen LogP contribution in [0.4, 0.5) is 5.13 Å². The van der Waals surface area contributed by atoms with Gasteiger partial charge in [-0.3, -0.25) is 4.79 Å². The monoisotopic (exact) mass is 500 g/mol. The lowest BCUT2D eigenvalue weighted by Gasteiger charge is -2.17. The summed E-state index contributed by atoms with van der Waals surface area (Å²) in [5.41, 5.74) is 3.03. The fourth-order valence-electron chi connectivity index (χ4n) is 3.48. The summed E-state index contributed by atoms with van der Waals surface area (Å²) >= 11 is 19.9. The van der Waals surface area contributed by atoms with E-state index < -0.39 is 0 Å². The number of thiazole rings is 1. The number of aromatic nitrogens is 1. The van der Waals surface area contributed by atoms with Crippen LogP contribution >= 0.6 is 46.1 Å². The molecule has 0 saturated heterocycles. The molecule has 0 aliphatic heterocycles. The van der Waals surface area contributed by atoms with Gasteiger partial charge in [-0.1, -0.05) is 89.4 Å². The lowest BCUT2D eigenvalue weighted by Crippen LogP contribution is -2.16. The zero-order valence-corrected chi connectivity index (χ0v) is 20.0. The first kappa shape index (κ1) is 22.8. The van der Waals surface area contributed by atoms with Crippen LogP contribution in [0.2, 0.25) is 15.1 Å². The number of amides is 1. The predicted octanol–water partition coefficient (Wildman–Crippen LogP) is 7.85. The molecule has 1 N–H and O–H groups in total. The van der Waals surface area contributed by atoms with E-state index in [2.05, 4.69) is 10.3 Å². The Bertz CT molecular complexity index is 1210. The number of rotatable bonds is 7. The van der Waals surface area contributed by atoms with Crippen molar-refractivity contribution in [3.05, 3.63) is 116 Å². The first-order valence-electron chi connectivity index (χ1n) is 9.97. The number of nitrogens with one attached hydrogen (secondary N) is 1. The Hall–Kier alpha value is -2.37. The fourth-order valence-corrected chi connectivity index (χ4v) is 4.85. The van der Waals surface area contributed by atoms with Crippen LogP contribution in [0.25, 0.3) is 0 Å². The number of carbonyl (C=O) groups excluding carboxylic acids is 1. The standard InChI is InChI=1S/C25H19Cl3N2OS/c26-19-11-9-17(10-12-19)21(16-5-2-1-3-6-16)14-23(31)30-25-29-15-20(32-25)13-18-7-4-8-22(27)24(18)28/h1-12,15,21H,13-14H2,(H,29,30,31). The molecule has 0 fully saturated rings. The second kappa shape index (κ2) is 10.5. The molecule has 1 aromatic heterocycles. The Morgan fingerprint density at radius 3 is 2.38 bits per heavy atom. The third-order valence-corrected chi connectivity index (χ3v) is 7.08. The minimum atomic E-state index is -0.101. The maximum atomic E-state index is 12.9. The zero-order chi connectivity index (χ0) is 22.5. The molecule has 7 heteroatoms. The van der Waals surface area contributed by atoms with E-state index in [-0.39, 0.29) is 11.8 Å². The van der Waals surface area contributed by atoms with Gasteiger partial charge in [0, 0.05) is 34.9 Å². The van der Waals surface area contributed by atoms with Crippen LogP contribution in [0.1, 0.15) is 33.9 Å². The molecule has 32 heavy (non-hydrogen) atoms. The Morgan fingerprint density at radius 2 is 1.62 bits per heavy atom. The van der Waals surface area contributed by atoms with Crippen LogP contribution in [0.15, 0.2) is 79.0 Å². The largest absolute Gasteiger partial charge is 0.302 e. The molecule has 3 aromatic carbocycles. The summed E-state index contributed by atoms with van der Waals surface area (Å²) in [6, 6.07) is 23.2. The SMILES string of the molecule is O=C(CC(c1ccccc1)c1ccc(Cl)cc1)Nc1ncc(Cc2cccc(Cl)c2Cl)s1. The second-order valence-electron chi connectivity index (χ2n) is 7.29. The van der Waals surface area contributed by atoms with E-state index in [9.17, 15) is 4.79 Å². The number of anilines is 1. The number of carbonyl (C=O) groups is 1. The van der Waals surface area contributed by atoms with Gasteiger partial charge in [-0.05, 0) is 34.9 Å². The number of hydrogen-bond acceptors (Lipinski definition) is 3. The molecule has 1 amide bonds. The van der Waals surface area contributed by atoms with Crippen molar-refractivity contribution in [2.75, 3.05) is 5.32 Å². The number of benzene rings is 3. The lowest BCUT2D eigenvalue weighted by molar-refractivity contribution is -0.116. The van der Waals surface area contributed by atoms with Crippen molar-refractivity contribution in [1.82, 2.24) is 4.98 Å². The van der Waals surface area contributed by atoms with Crippen LogP contribution in [0.3, 0.4) is 0 Å². The number of hydrogen-bond donors (Lipinski definition) is 1. The normalized spacial score (nSPS) is 11.8. The third-order valence-electron chi connectivity index (χ3n) is 5.06. The van der Waals surface area contributed by atoms with Crippen molar-refractivity contribution >= 4 is 57.2 Å². The van der Waals surface area contributed by atoms with Gasteiger partial charge < -0.3 is 5.32 Å². The summed E-state index contributed by atoms with van der Waals surface area (Å²) in [6.45, 7) is 0. The van der Waals surface area contributed by atoms with Crippen LogP contribution in [0.5, 0.6) is 0 Å². The molecule has 1 unspecified atom stereocenters. The molecule has 0 aliphatic rings. The molecule has 0 saturated carbocycles. The van der Waals surface area contributed by atoms with Crippen molar-refractivity contribution in [3.8, 4) is 0 Å². The lowest BCUT2D eigenvalue weighted by atomic mass is 9.88. The summed E-state index contributed by atoms with van der Waals surface area (Å²) in [4.78, 5) is 18.2. The van der Waals surface area contributed by atoms with Gasteiger partial charge in [0.2, 0.25) is 5.91 Å². The van der Waals surface area contributed by atoms with Gasteiger partial charge in [0.25, 0.3) is 0 Å². The van der Waals surface area contributed by atoms with E-state index in [0.29, 0.717) is 33.0 Å². The zero-order valence-electron chi connectivity index (χ0n) is 16.9. The first-order chi connectivity index (χ1) is 15.5. The highest BCUT2D eigenvalue weighted by molar-refractivity contribution is 7.15. The van der Waals surface area contributed by atoms with E-state index in [1.54, 1.807) is 12.3 Å². The highest BCUT2D eigenvalue weighted by atomic mass is 35.5. The summed E-state index contributed by atoms with van der Waals surface area (Å²) in [6.07, 6.45) is 2.65. The van der Waals surface area contributed by atoms with Crippen molar-refractivity contribution < 1.29 is 4.79 Å². The van der Waals surface area contributed by atoms with Gasteiger partial charge in [0.15, 0.2) is 5.13 Å². The molecule has 0 spiro atoms. The van der Waals surface area contributed by atoms with E-state index in [0.717, 1.165) is 21.6 Å². The van der Waals surface area contributed by atoms with E-state index in [1.807, 2.05) is 66.7 Å². The van der Waals surface area contributed by atoms with Gasteiger partial charge in [-0.15, -0.1) is 11.3 Å². The van der Waals surface area contributed by atoms with Crippen molar-refractivity contribution in [1.29, 1.82) is 0 Å². The number of halogens is 3. The van der Waals surface area contributed by atoms with Gasteiger partial charge in [0.05, 0.1) is 10.0 Å². The highest BCUT2D eigenvalue weighted by Gasteiger charge is 2.19. The molecular formula is C25H19Cl3N2OS. The Morgan fingerprint density at radius 1 is 0.906 bits per heavy atom. The maximum absolute atomic E-state index is 12.9. The van der Waals surface area contributed by atoms with Crippen LogP contribution in [0, 0.1) is 0 Å². The summed E-state index contributed by atoms with van der Waals surface area (Å²) in [5.74, 6) is -0.186. The molecule has 4 rings (SSSR count). The Kier molecular flexibility index (Phi) is 7.48. The smallest absolute Gasteiger partial charge is 0.227 e. The Labute approximate surface area is 206 Å². The molecule has 0 aliphatic carbocycles. The van der Waals surface area contributed by atoms with Crippen LogP contribution in [-0.4, -0.2) is 10.9 Å². The molecule has 4 aromatic rings. The molecule has 0 radical (unpaired) electrons. The second-order valence-corrected chi connectivity index (χ2v) is 9.63. The fraction of sp³-hybridized carbons (Fsp3) is 0.120. The topological polar surface area (TPSA) is 42.0 Å².